The fraction of sp³-hybridized carbons (Fsp3) is 0.367. The third-order valence-corrected chi connectivity index (χ3v) is 7.73. The Morgan fingerprint density at radius 1 is 1.00 bits per heavy atom. The van der Waals surface area contributed by atoms with Crippen molar-refractivity contribution in [3.8, 4) is 0 Å². The van der Waals surface area contributed by atoms with E-state index in [2.05, 4.69) is 4.90 Å². The molecule has 0 radical (unpaired) electrons. The van der Waals surface area contributed by atoms with Gasteiger partial charge in [-0.1, -0.05) is 89.9 Å². The third-order valence-electron chi connectivity index (χ3n) is 6.99. The summed E-state index contributed by atoms with van der Waals surface area (Å²) in [4.78, 5) is 16.5. The molecule has 1 N–H and O–H groups in total. The van der Waals surface area contributed by atoms with E-state index in [0.717, 1.165) is 29.8 Å². The highest BCUT2D eigenvalue weighted by Gasteiger charge is 2.33. The van der Waals surface area contributed by atoms with Crippen LogP contribution in [-0.4, -0.2) is 60.8 Å². The van der Waals surface area contributed by atoms with Gasteiger partial charge in [0.05, 0.1) is 28.8 Å². The van der Waals surface area contributed by atoms with Crippen LogP contribution in [0.15, 0.2) is 78.9 Å². The van der Waals surface area contributed by atoms with Crippen LogP contribution in [0.2, 0.25) is 10.0 Å². The number of hydrogen-bond donors (Lipinski definition) is 1. The molecule has 3 aromatic rings. The SMILES string of the molecule is CN(CC(OCCN1CCC(O)(c2ccccc2)CC1)c1ccc(Cl)c(Cl)c1)C(=O)OCc1ccccc1.Cl. The first-order valence-corrected chi connectivity index (χ1v) is 13.6. The van der Waals surface area contributed by atoms with Gasteiger partial charge in [0, 0.05) is 26.7 Å². The van der Waals surface area contributed by atoms with Crippen LogP contribution in [0, 0.1) is 0 Å². The molecule has 3 aromatic carbocycles. The summed E-state index contributed by atoms with van der Waals surface area (Å²) in [6.07, 6.45) is 0.496. The quantitative estimate of drug-likeness (QED) is 0.283. The van der Waals surface area contributed by atoms with Crippen LogP contribution in [0.1, 0.15) is 35.6 Å². The molecule has 1 aliphatic heterocycles. The number of ether oxygens (including phenoxy) is 2. The Bertz CT molecular complexity index is 1180. The van der Waals surface area contributed by atoms with Gasteiger partial charge in [0.15, 0.2) is 0 Å². The standard InChI is InChI=1S/C30H34Cl2N2O4.ClH/c1-33(29(35)38-22-23-8-4-2-5-9-23)21-28(24-12-13-26(31)27(32)20-24)37-19-18-34-16-14-30(36,15-17-34)25-10-6-3-7-11-25;/h2-13,20,28,36H,14-19,21-22H2,1H3;1H. The molecule has 1 unspecified atom stereocenters. The number of halogens is 3. The minimum absolute atomic E-state index is 0. The molecule has 210 valence electrons. The number of benzene rings is 3. The number of aliphatic hydroxyl groups is 1. The van der Waals surface area contributed by atoms with Crippen LogP contribution >= 0.6 is 35.6 Å². The first kappa shape index (κ1) is 31.2. The molecule has 0 aromatic heterocycles. The van der Waals surface area contributed by atoms with E-state index in [1.165, 1.54) is 4.90 Å². The van der Waals surface area contributed by atoms with Crippen molar-refractivity contribution < 1.29 is 19.4 Å². The van der Waals surface area contributed by atoms with Gasteiger partial charge >= 0.3 is 6.09 Å². The number of carbonyl (C=O) groups is 1. The first-order valence-electron chi connectivity index (χ1n) is 12.8. The average molecular weight is 594 g/mol. The normalized spacial score (nSPS) is 15.7. The number of amides is 1. The van der Waals surface area contributed by atoms with Crippen molar-refractivity contribution in [2.75, 3.05) is 39.8 Å². The monoisotopic (exact) mass is 592 g/mol. The fourth-order valence-corrected chi connectivity index (χ4v) is 4.93. The molecule has 1 saturated heterocycles. The van der Waals surface area contributed by atoms with Gasteiger partial charge in [-0.3, -0.25) is 0 Å². The zero-order valence-electron chi connectivity index (χ0n) is 22.0. The highest BCUT2D eigenvalue weighted by Crippen LogP contribution is 2.33. The molecule has 1 heterocycles. The Morgan fingerprint density at radius 2 is 1.64 bits per heavy atom. The lowest BCUT2D eigenvalue weighted by molar-refractivity contribution is -0.0379. The Kier molecular flexibility index (Phi) is 11.9. The van der Waals surface area contributed by atoms with Crippen LogP contribution in [0.3, 0.4) is 0 Å². The summed E-state index contributed by atoms with van der Waals surface area (Å²) in [6.45, 7) is 3.22. The predicted molar refractivity (Wildman–Crippen MR) is 158 cm³/mol. The summed E-state index contributed by atoms with van der Waals surface area (Å²) in [5.74, 6) is 0. The van der Waals surface area contributed by atoms with E-state index in [1.54, 1.807) is 19.2 Å². The van der Waals surface area contributed by atoms with E-state index >= 15 is 0 Å². The summed E-state index contributed by atoms with van der Waals surface area (Å²) in [5, 5.41) is 12.0. The lowest BCUT2D eigenvalue weighted by Gasteiger charge is -2.38. The maximum Gasteiger partial charge on any atom is 0.409 e. The number of likely N-dealkylation sites (tertiary alicyclic amines) is 1. The van der Waals surface area contributed by atoms with Crippen molar-refractivity contribution in [1.82, 2.24) is 9.80 Å². The van der Waals surface area contributed by atoms with Crippen molar-refractivity contribution >= 4 is 41.7 Å². The largest absolute Gasteiger partial charge is 0.445 e. The molecule has 6 nitrogen and oxygen atoms in total. The van der Waals surface area contributed by atoms with Gasteiger partial charge in [0.1, 0.15) is 12.7 Å². The molecule has 1 fully saturated rings. The van der Waals surface area contributed by atoms with Gasteiger partial charge in [-0.2, -0.15) is 0 Å². The minimum Gasteiger partial charge on any atom is -0.445 e. The molecule has 39 heavy (non-hydrogen) atoms. The summed E-state index contributed by atoms with van der Waals surface area (Å²) >= 11 is 12.4. The molecule has 9 heteroatoms. The van der Waals surface area contributed by atoms with Crippen LogP contribution in [0.25, 0.3) is 0 Å². The minimum atomic E-state index is -0.788. The number of nitrogens with zero attached hydrogens (tertiary/aromatic N) is 2. The number of hydrogen-bond acceptors (Lipinski definition) is 5. The van der Waals surface area contributed by atoms with E-state index in [-0.39, 0.29) is 19.0 Å². The highest BCUT2D eigenvalue weighted by atomic mass is 35.5. The second-order valence-electron chi connectivity index (χ2n) is 9.69. The average Bonchev–Trinajstić information content (AvgIpc) is 2.94. The van der Waals surface area contributed by atoms with Gasteiger partial charge in [-0.25, -0.2) is 4.79 Å². The van der Waals surface area contributed by atoms with E-state index < -0.39 is 17.8 Å². The molecule has 1 atom stereocenters. The van der Waals surface area contributed by atoms with Gasteiger partial charge in [-0.05, 0) is 41.7 Å². The molecule has 0 aliphatic carbocycles. The number of carbonyl (C=O) groups excluding carboxylic acids is 1. The number of rotatable bonds is 10. The molecule has 1 aliphatic rings. The van der Waals surface area contributed by atoms with E-state index in [4.69, 9.17) is 32.7 Å². The Hall–Kier alpha value is -2.32. The molecule has 0 saturated carbocycles. The van der Waals surface area contributed by atoms with E-state index in [0.29, 0.717) is 42.6 Å². The molecule has 0 spiro atoms. The summed E-state index contributed by atoms with van der Waals surface area (Å²) in [7, 11) is 1.69. The van der Waals surface area contributed by atoms with Crippen molar-refractivity contribution in [2.24, 2.45) is 0 Å². The van der Waals surface area contributed by atoms with Gasteiger partial charge < -0.3 is 24.4 Å². The Labute approximate surface area is 246 Å². The van der Waals surface area contributed by atoms with Crippen molar-refractivity contribution in [2.45, 2.75) is 31.2 Å². The maximum atomic E-state index is 12.7. The molecule has 4 rings (SSSR count). The van der Waals surface area contributed by atoms with Crippen molar-refractivity contribution in [1.29, 1.82) is 0 Å². The fourth-order valence-electron chi connectivity index (χ4n) is 4.63. The smallest absolute Gasteiger partial charge is 0.409 e. The predicted octanol–water partition coefficient (Wildman–Crippen LogP) is 6.73. The van der Waals surface area contributed by atoms with Crippen LogP contribution < -0.4 is 0 Å². The molecule has 0 bridgehead atoms. The summed E-state index contributed by atoms with van der Waals surface area (Å²) in [5.41, 5.74) is 1.94. The zero-order valence-corrected chi connectivity index (χ0v) is 24.3. The van der Waals surface area contributed by atoms with Gasteiger partial charge in [-0.15, -0.1) is 12.4 Å². The van der Waals surface area contributed by atoms with Crippen molar-refractivity contribution in [3.63, 3.8) is 0 Å². The van der Waals surface area contributed by atoms with E-state index in [1.807, 2.05) is 66.7 Å². The molecule has 1 amide bonds. The van der Waals surface area contributed by atoms with Gasteiger partial charge in [0.25, 0.3) is 0 Å². The van der Waals surface area contributed by atoms with Crippen molar-refractivity contribution in [3.05, 3.63) is 106 Å². The van der Waals surface area contributed by atoms with E-state index in [9.17, 15) is 9.90 Å². The first-order chi connectivity index (χ1) is 18.3. The Morgan fingerprint density at radius 3 is 2.28 bits per heavy atom. The van der Waals surface area contributed by atoms with Gasteiger partial charge in [0.2, 0.25) is 0 Å². The second-order valence-corrected chi connectivity index (χ2v) is 10.5. The Balaban J connectivity index is 0.00000420. The second kappa shape index (κ2) is 14.9. The number of piperidine rings is 1. The van der Waals surface area contributed by atoms with Crippen LogP contribution in [-0.2, 0) is 21.7 Å². The topological polar surface area (TPSA) is 62.2 Å². The summed E-state index contributed by atoms with van der Waals surface area (Å²) in [6, 6.07) is 24.8. The zero-order chi connectivity index (χ0) is 27.0. The molecular weight excluding hydrogens is 559 g/mol. The van der Waals surface area contributed by atoms with Crippen LogP contribution in [0.4, 0.5) is 4.79 Å². The lowest BCUT2D eigenvalue weighted by atomic mass is 9.84. The third kappa shape index (κ3) is 8.84. The number of likely N-dealkylation sites (N-methyl/N-ethyl adjacent to an activating group) is 1. The highest BCUT2D eigenvalue weighted by molar-refractivity contribution is 6.42. The van der Waals surface area contributed by atoms with Crippen LogP contribution in [0.5, 0.6) is 0 Å². The summed E-state index contributed by atoms with van der Waals surface area (Å²) < 4.78 is 11.8. The lowest BCUT2D eigenvalue weighted by Crippen LogP contribution is -2.43. The maximum absolute atomic E-state index is 12.7. The molecular formula is C30H35Cl3N2O4.